The number of hydrogen-bond acceptors (Lipinski definition) is 5. The molecule has 1 aliphatic heterocycles. The summed E-state index contributed by atoms with van der Waals surface area (Å²) >= 11 is 6.05. The lowest BCUT2D eigenvalue weighted by atomic mass is 10.2. The monoisotopic (exact) mass is 471 g/mol. The number of nitrogens with zero attached hydrogens (tertiary/aromatic N) is 3. The molecule has 1 fully saturated rings. The third-order valence-electron chi connectivity index (χ3n) is 5.48. The van der Waals surface area contributed by atoms with Crippen LogP contribution in [0.15, 0.2) is 54.6 Å². The molecule has 1 saturated heterocycles. The van der Waals surface area contributed by atoms with Crippen molar-refractivity contribution in [3.8, 4) is 0 Å². The zero-order valence-electron chi connectivity index (χ0n) is 18.8. The molecule has 2 aromatic carbocycles. The van der Waals surface area contributed by atoms with Gasteiger partial charge in [0.05, 0.1) is 30.3 Å². The van der Waals surface area contributed by atoms with Gasteiger partial charge in [-0.25, -0.2) is 0 Å². The van der Waals surface area contributed by atoms with Crippen LogP contribution in [0.3, 0.4) is 0 Å². The van der Waals surface area contributed by atoms with E-state index in [-0.39, 0.29) is 30.8 Å². The van der Waals surface area contributed by atoms with Crippen LogP contribution in [-0.2, 0) is 20.9 Å². The second-order valence-corrected chi connectivity index (χ2v) is 8.50. The van der Waals surface area contributed by atoms with Crippen molar-refractivity contribution in [3.63, 3.8) is 0 Å². The van der Waals surface area contributed by atoms with Crippen molar-refractivity contribution in [2.24, 2.45) is 0 Å². The van der Waals surface area contributed by atoms with Crippen LogP contribution in [0.1, 0.15) is 5.56 Å². The first-order valence-corrected chi connectivity index (χ1v) is 11.3. The minimum atomic E-state index is -0.301. The number of nitrogens with one attached hydrogen (secondary N) is 2. The molecule has 3 rings (SSSR count). The molecule has 3 amide bonds. The fourth-order valence-corrected chi connectivity index (χ4v) is 3.71. The van der Waals surface area contributed by atoms with Gasteiger partial charge < -0.3 is 15.5 Å². The minimum Gasteiger partial charge on any atom is -0.351 e. The van der Waals surface area contributed by atoms with Crippen molar-refractivity contribution in [2.75, 3.05) is 58.2 Å². The van der Waals surface area contributed by atoms with Crippen molar-refractivity contribution in [1.82, 2.24) is 20.0 Å². The van der Waals surface area contributed by atoms with E-state index in [0.717, 1.165) is 5.56 Å². The average Bonchev–Trinajstić information content (AvgIpc) is 2.81. The number of piperazine rings is 1. The standard InChI is InChI=1S/C24H30ClN5O3/c1-28(16-23(32)27-21-10-6-5-9-20(21)25)24(33)18-30-13-11-29(12-14-30)17-22(31)26-15-19-7-3-2-4-8-19/h2-10H,11-18H2,1H3,(H,26,31)(H,27,32). The van der Waals surface area contributed by atoms with Gasteiger partial charge in [0.15, 0.2) is 0 Å². The highest BCUT2D eigenvalue weighted by Crippen LogP contribution is 2.20. The number of anilines is 1. The third-order valence-corrected chi connectivity index (χ3v) is 5.81. The van der Waals surface area contributed by atoms with Crippen molar-refractivity contribution < 1.29 is 14.4 Å². The lowest BCUT2D eigenvalue weighted by molar-refractivity contribution is -0.134. The topological polar surface area (TPSA) is 85.0 Å². The maximum atomic E-state index is 12.5. The summed E-state index contributed by atoms with van der Waals surface area (Å²) in [6.07, 6.45) is 0. The Morgan fingerprint density at radius 2 is 1.48 bits per heavy atom. The molecule has 0 aromatic heterocycles. The molecule has 0 saturated carbocycles. The van der Waals surface area contributed by atoms with Gasteiger partial charge in [0.1, 0.15) is 0 Å². The molecule has 0 bridgehead atoms. The van der Waals surface area contributed by atoms with Crippen LogP contribution in [0.25, 0.3) is 0 Å². The Bertz CT molecular complexity index is 948. The number of rotatable bonds is 9. The van der Waals surface area contributed by atoms with Gasteiger partial charge in [0.2, 0.25) is 17.7 Å². The second kappa shape index (κ2) is 12.3. The van der Waals surface area contributed by atoms with E-state index in [9.17, 15) is 14.4 Å². The molecule has 1 aliphatic rings. The molecule has 176 valence electrons. The van der Waals surface area contributed by atoms with E-state index in [1.54, 1.807) is 31.3 Å². The number of benzene rings is 2. The molecule has 9 heteroatoms. The summed E-state index contributed by atoms with van der Waals surface area (Å²) in [6, 6.07) is 16.8. The van der Waals surface area contributed by atoms with Gasteiger partial charge in [-0.15, -0.1) is 0 Å². The molecule has 1 heterocycles. The van der Waals surface area contributed by atoms with Gasteiger partial charge in [-0.05, 0) is 17.7 Å². The van der Waals surface area contributed by atoms with Crippen molar-refractivity contribution in [3.05, 3.63) is 65.2 Å². The summed E-state index contributed by atoms with van der Waals surface area (Å²) in [4.78, 5) is 42.5. The molecule has 0 spiro atoms. The van der Waals surface area contributed by atoms with Crippen LogP contribution in [-0.4, -0.2) is 85.3 Å². The van der Waals surface area contributed by atoms with E-state index in [2.05, 4.69) is 15.5 Å². The summed E-state index contributed by atoms with van der Waals surface area (Å²) < 4.78 is 0. The highest BCUT2D eigenvalue weighted by Gasteiger charge is 2.22. The molecule has 8 nitrogen and oxygen atoms in total. The first-order chi connectivity index (χ1) is 15.9. The first-order valence-electron chi connectivity index (χ1n) is 10.9. The van der Waals surface area contributed by atoms with E-state index < -0.39 is 0 Å². The Labute approximate surface area is 199 Å². The van der Waals surface area contributed by atoms with E-state index in [1.165, 1.54) is 4.90 Å². The fraction of sp³-hybridized carbons (Fsp3) is 0.375. The third kappa shape index (κ3) is 8.16. The molecule has 0 unspecified atom stereocenters. The maximum Gasteiger partial charge on any atom is 0.244 e. The van der Waals surface area contributed by atoms with Gasteiger partial charge >= 0.3 is 0 Å². The van der Waals surface area contributed by atoms with Crippen LogP contribution >= 0.6 is 11.6 Å². The molecule has 2 N–H and O–H groups in total. The number of halogens is 1. The van der Waals surface area contributed by atoms with Crippen LogP contribution in [0.5, 0.6) is 0 Å². The van der Waals surface area contributed by atoms with Crippen LogP contribution < -0.4 is 10.6 Å². The average molecular weight is 472 g/mol. The summed E-state index contributed by atoms with van der Waals surface area (Å²) in [6.45, 7) is 3.86. The zero-order chi connectivity index (χ0) is 23.6. The van der Waals surface area contributed by atoms with Gasteiger partial charge in [0.25, 0.3) is 0 Å². The molecule has 33 heavy (non-hydrogen) atoms. The number of likely N-dealkylation sites (N-methyl/N-ethyl adjacent to an activating group) is 1. The second-order valence-electron chi connectivity index (χ2n) is 8.09. The fourth-order valence-electron chi connectivity index (χ4n) is 3.53. The predicted molar refractivity (Wildman–Crippen MR) is 129 cm³/mol. The van der Waals surface area contributed by atoms with E-state index in [4.69, 9.17) is 11.6 Å². The zero-order valence-corrected chi connectivity index (χ0v) is 19.6. The summed E-state index contributed by atoms with van der Waals surface area (Å²) in [5, 5.41) is 6.11. The largest absolute Gasteiger partial charge is 0.351 e. The number of carbonyl (C=O) groups excluding carboxylic acids is 3. The van der Waals surface area contributed by atoms with Crippen LogP contribution in [0.2, 0.25) is 5.02 Å². The van der Waals surface area contributed by atoms with Crippen molar-refractivity contribution in [1.29, 1.82) is 0 Å². The lowest BCUT2D eigenvalue weighted by Crippen LogP contribution is -2.52. The predicted octanol–water partition coefficient (Wildman–Crippen LogP) is 1.67. The van der Waals surface area contributed by atoms with Crippen molar-refractivity contribution in [2.45, 2.75) is 6.54 Å². The quantitative estimate of drug-likeness (QED) is 0.581. The van der Waals surface area contributed by atoms with Crippen LogP contribution in [0, 0.1) is 0 Å². The summed E-state index contributed by atoms with van der Waals surface area (Å²) in [5.41, 5.74) is 1.59. The Morgan fingerprint density at radius 3 is 2.15 bits per heavy atom. The molecule has 0 radical (unpaired) electrons. The number of para-hydroxylation sites is 1. The minimum absolute atomic E-state index is 0.00681. The van der Waals surface area contributed by atoms with E-state index in [1.807, 2.05) is 35.2 Å². The number of carbonyl (C=O) groups is 3. The van der Waals surface area contributed by atoms with Gasteiger partial charge in [0, 0.05) is 39.8 Å². The smallest absolute Gasteiger partial charge is 0.244 e. The van der Waals surface area contributed by atoms with Gasteiger partial charge in [-0.3, -0.25) is 24.2 Å². The molecule has 2 aromatic rings. The highest BCUT2D eigenvalue weighted by atomic mass is 35.5. The Hall–Kier alpha value is -2.94. The number of hydrogen-bond donors (Lipinski definition) is 2. The number of amides is 3. The lowest BCUT2D eigenvalue weighted by Gasteiger charge is -2.34. The Kier molecular flexibility index (Phi) is 9.24. The SMILES string of the molecule is CN(CC(=O)Nc1ccccc1Cl)C(=O)CN1CCN(CC(=O)NCc2ccccc2)CC1. The van der Waals surface area contributed by atoms with E-state index in [0.29, 0.717) is 50.0 Å². The van der Waals surface area contributed by atoms with Crippen LogP contribution in [0.4, 0.5) is 5.69 Å². The first kappa shape index (κ1) is 24.7. The summed E-state index contributed by atoms with van der Waals surface area (Å²) in [5.74, 6) is -0.434. The molecule has 0 atom stereocenters. The highest BCUT2D eigenvalue weighted by molar-refractivity contribution is 6.33. The van der Waals surface area contributed by atoms with Gasteiger partial charge in [-0.2, -0.15) is 0 Å². The maximum absolute atomic E-state index is 12.5. The van der Waals surface area contributed by atoms with Gasteiger partial charge in [-0.1, -0.05) is 54.1 Å². The normalized spacial score (nSPS) is 14.5. The van der Waals surface area contributed by atoms with E-state index >= 15 is 0 Å². The molecule has 0 aliphatic carbocycles. The summed E-state index contributed by atoms with van der Waals surface area (Å²) in [7, 11) is 1.61. The Balaban J connectivity index is 1.34. The van der Waals surface area contributed by atoms with Crippen molar-refractivity contribution >= 4 is 35.0 Å². The molecular weight excluding hydrogens is 442 g/mol. The Morgan fingerprint density at radius 1 is 0.879 bits per heavy atom. The molecular formula is C24H30ClN5O3.